The van der Waals surface area contributed by atoms with Gasteiger partial charge in [0.1, 0.15) is 11.5 Å². The van der Waals surface area contributed by atoms with Crippen molar-refractivity contribution in [1.82, 2.24) is 14.9 Å². The molecule has 3 aromatic carbocycles. The Bertz CT molecular complexity index is 1210. The quantitative estimate of drug-likeness (QED) is 0.398. The lowest BCUT2D eigenvalue weighted by Gasteiger charge is -2.08. The number of nitrogens with zero attached hydrogens (tertiary/aromatic N) is 3. The first-order valence-corrected chi connectivity index (χ1v) is 9.04. The van der Waals surface area contributed by atoms with Gasteiger partial charge in [0.05, 0.1) is 20.4 Å². The summed E-state index contributed by atoms with van der Waals surface area (Å²) in [7, 11) is 3.28. The molecular formula is C21H18N4O2S. The van der Waals surface area contributed by atoms with E-state index < -0.39 is 0 Å². The Morgan fingerprint density at radius 3 is 2.54 bits per heavy atom. The van der Waals surface area contributed by atoms with Crippen LogP contribution in [0.3, 0.4) is 0 Å². The van der Waals surface area contributed by atoms with Crippen molar-refractivity contribution in [3.05, 3.63) is 71.0 Å². The van der Waals surface area contributed by atoms with Crippen LogP contribution in [0.15, 0.2) is 65.8 Å². The van der Waals surface area contributed by atoms with E-state index in [0.717, 1.165) is 33.4 Å². The molecule has 4 rings (SSSR count). The van der Waals surface area contributed by atoms with E-state index >= 15 is 0 Å². The minimum absolute atomic E-state index is 0.404. The molecule has 7 heteroatoms. The van der Waals surface area contributed by atoms with Crippen LogP contribution >= 0.6 is 12.2 Å². The lowest BCUT2D eigenvalue weighted by atomic mass is 10.0. The number of rotatable bonds is 5. The van der Waals surface area contributed by atoms with Crippen LogP contribution in [0.4, 0.5) is 0 Å². The van der Waals surface area contributed by atoms with Crippen LogP contribution in [-0.2, 0) is 0 Å². The number of methoxy groups -OCH3 is 2. The normalized spacial score (nSPS) is 11.2. The monoisotopic (exact) mass is 390 g/mol. The minimum Gasteiger partial charge on any atom is -0.497 e. The number of aromatic nitrogens is 3. The van der Waals surface area contributed by atoms with E-state index in [0.29, 0.717) is 10.6 Å². The molecule has 0 amide bonds. The van der Waals surface area contributed by atoms with Gasteiger partial charge in [0.2, 0.25) is 4.77 Å². The Labute approximate surface area is 167 Å². The van der Waals surface area contributed by atoms with E-state index in [4.69, 9.17) is 21.7 Å². The summed E-state index contributed by atoms with van der Waals surface area (Å²) in [6.45, 7) is 0. The number of aromatic amines is 1. The van der Waals surface area contributed by atoms with Crippen molar-refractivity contribution in [3.63, 3.8) is 0 Å². The fourth-order valence-corrected chi connectivity index (χ4v) is 3.21. The predicted molar refractivity (Wildman–Crippen MR) is 113 cm³/mol. The van der Waals surface area contributed by atoms with E-state index in [1.54, 1.807) is 25.1 Å². The fraction of sp³-hybridized carbons (Fsp3) is 0.0952. The Hall–Kier alpha value is -3.45. The van der Waals surface area contributed by atoms with Crippen LogP contribution in [0.25, 0.3) is 22.2 Å². The van der Waals surface area contributed by atoms with Crippen molar-refractivity contribution >= 4 is 29.2 Å². The molecule has 0 spiro atoms. The molecule has 0 unspecified atom stereocenters. The largest absolute Gasteiger partial charge is 0.497 e. The molecule has 4 aromatic rings. The first-order valence-electron chi connectivity index (χ1n) is 8.63. The molecule has 6 nitrogen and oxygen atoms in total. The maximum Gasteiger partial charge on any atom is 0.216 e. The van der Waals surface area contributed by atoms with Crippen LogP contribution in [-0.4, -0.2) is 35.3 Å². The van der Waals surface area contributed by atoms with Gasteiger partial charge in [-0.2, -0.15) is 14.9 Å². The smallest absolute Gasteiger partial charge is 0.216 e. The third kappa shape index (κ3) is 3.27. The molecule has 0 fully saturated rings. The molecule has 1 heterocycles. The summed E-state index contributed by atoms with van der Waals surface area (Å²) in [5, 5.41) is 13.9. The number of ether oxygens (including phenoxy) is 2. The van der Waals surface area contributed by atoms with Crippen LogP contribution in [0.5, 0.6) is 11.5 Å². The van der Waals surface area contributed by atoms with Crippen molar-refractivity contribution in [3.8, 4) is 22.9 Å². The van der Waals surface area contributed by atoms with Gasteiger partial charge >= 0.3 is 0 Å². The number of H-pyrrole nitrogens is 1. The molecule has 140 valence electrons. The zero-order chi connectivity index (χ0) is 19.5. The van der Waals surface area contributed by atoms with Crippen molar-refractivity contribution in [2.45, 2.75) is 0 Å². The molecular weight excluding hydrogens is 372 g/mol. The molecule has 0 atom stereocenters. The molecule has 1 N–H and O–H groups in total. The predicted octanol–water partition coefficient (Wildman–Crippen LogP) is 4.66. The van der Waals surface area contributed by atoms with E-state index in [1.807, 2.05) is 54.6 Å². The first kappa shape index (κ1) is 17.9. The third-order valence-electron chi connectivity index (χ3n) is 4.45. The van der Waals surface area contributed by atoms with Crippen LogP contribution < -0.4 is 9.47 Å². The highest BCUT2D eigenvalue weighted by Gasteiger charge is 2.10. The maximum absolute atomic E-state index is 5.53. The highest BCUT2D eigenvalue weighted by Crippen LogP contribution is 2.27. The minimum atomic E-state index is 0.404. The lowest BCUT2D eigenvalue weighted by Crippen LogP contribution is -1.97. The van der Waals surface area contributed by atoms with Gasteiger partial charge in [-0.15, -0.1) is 0 Å². The maximum atomic E-state index is 5.53. The average molecular weight is 390 g/mol. The van der Waals surface area contributed by atoms with Gasteiger partial charge in [-0.05, 0) is 53.3 Å². The number of fused-ring (bicyclic) bond motifs is 1. The molecule has 0 bridgehead atoms. The second kappa shape index (κ2) is 7.66. The molecule has 28 heavy (non-hydrogen) atoms. The Morgan fingerprint density at radius 1 is 1.00 bits per heavy atom. The molecule has 0 saturated carbocycles. The number of hydrogen-bond acceptors (Lipinski definition) is 5. The Morgan fingerprint density at radius 2 is 1.79 bits per heavy atom. The Kier molecular flexibility index (Phi) is 4.90. The van der Waals surface area contributed by atoms with Gasteiger partial charge in [-0.1, -0.05) is 30.3 Å². The number of hydrogen-bond donors (Lipinski definition) is 1. The van der Waals surface area contributed by atoms with Gasteiger partial charge in [0.15, 0.2) is 5.82 Å². The van der Waals surface area contributed by atoms with Crippen LogP contribution in [0, 0.1) is 4.77 Å². The first-order chi connectivity index (χ1) is 13.7. The summed E-state index contributed by atoms with van der Waals surface area (Å²) in [6, 6.07) is 19.6. The van der Waals surface area contributed by atoms with Gasteiger partial charge in [0, 0.05) is 11.1 Å². The Balaban J connectivity index is 1.80. The van der Waals surface area contributed by atoms with Crippen LogP contribution in [0.1, 0.15) is 5.56 Å². The van der Waals surface area contributed by atoms with Crippen molar-refractivity contribution in [2.75, 3.05) is 14.2 Å². The standard InChI is InChI=1S/C21H18N4O2S/c1-26-16-10-7-15(8-11-16)20-23-24-21(28)25(20)22-13-18-17-6-4-3-5-14(17)9-12-19(18)27-2/h3-13H,1-2H3,(H,24,28)/b22-13-. The van der Waals surface area contributed by atoms with Crippen molar-refractivity contribution < 1.29 is 9.47 Å². The second-order valence-corrected chi connectivity index (χ2v) is 6.43. The molecule has 0 radical (unpaired) electrons. The van der Waals surface area contributed by atoms with Crippen molar-refractivity contribution in [2.24, 2.45) is 5.10 Å². The van der Waals surface area contributed by atoms with E-state index in [9.17, 15) is 0 Å². The van der Waals surface area contributed by atoms with E-state index in [1.165, 1.54) is 0 Å². The molecule has 0 aliphatic carbocycles. The van der Waals surface area contributed by atoms with Crippen molar-refractivity contribution in [1.29, 1.82) is 0 Å². The lowest BCUT2D eigenvalue weighted by molar-refractivity contribution is 0.414. The number of benzene rings is 3. The molecule has 0 saturated heterocycles. The summed E-state index contributed by atoms with van der Waals surface area (Å²) in [5.41, 5.74) is 1.75. The summed E-state index contributed by atoms with van der Waals surface area (Å²) in [5.74, 6) is 2.12. The summed E-state index contributed by atoms with van der Waals surface area (Å²) in [4.78, 5) is 0. The third-order valence-corrected chi connectivity index (χ3v) is 4.72. The summed E-state index contributed by atoms with van der Waals surface area (Å²) < 4.78 is 12.7. The highest BCUT2D eigenvalue weighted by molar-refractivity contribution is 7.71. The number of nitrogens with one attached hydrogen (secondary N) is 1. The fourth-order valence-electron chi connectivity index (χ4n) is 3.03. The van der Waals surface area contributed by atoms with E-state index in [-0.39, 0.29) is 0 Å². The molecule has 0 aliphatic rings. The van der Waals surface area contributed by atoms with Gasteiger partial charge in [-0.25, -0.2) is 5.10 Å². The van der Waals surface area contributed by atoms with E-state index in [2.05, 4.69) is 21.4 Å². The SMILES string of the molecule is COc1ccc(-c2n[nH]c(=S)n2/N=C\c2c(OC)ccc3ccccc23)cc1. The summed E-state index contributed by atoms with van der Waals surface area (Å²) in [6.07, 6.45) is 1.75. The van der Waals surface area contributed by atoms with Crippen LogP contribution in [0.2, 0.25) is 0 Å². The molecule has 0 aliphatic heterocycles. The summed E-state index contributed by atoms with van der Waals surface area (Å²) >= 11 is 5.37. The highest BCUT2D eigenvalue weighted by atomic mass is 32.1. The van der Waals surface area contributed by atoms with Gasteiger partial charge in [-0.3, -0.25) is 0 Å². The second-order valence-electron chi connectivity index (χ2n) is 6.04. The van der Waals surface area contributed by atoms with Gasteiger partial charge < -0.3 is 9.47 Å². The van der Waals surface area contributed by atoms with Gasteiger partial charge in [0.25, 0.3) is 0 Å². The zero-order valence-corrected chi connectivity index (χ0v) is 16.2. The average Bonchev–Trinajstić information content (AvgIpc) is 3.12. The molecule has 1 aromatic heterocycles. The zero-order valence-electron chi connectivity index (χ0n) is 15.4. The topological polar surface area (TPSA) is 64.4 Å².